The van der Waals surface area contributed by atoms with Crippen molar-refractivity contribution in [3.63, 3.8) is 0 Å². The van der Waals surface area contributed by atoms with Gasteiger partial charge >= 0.3 is 0 Å². The van der Waals surface area contributed by atoms with E-state index in [1.807, 2.05) is 54.6 Å². The van der Waals surface area contributed by atoms with Crippen LogP contribution in [-0.4, -0.2) is 32.0 Å². The highest BCUT2D eigenvalue weighted by atomic mass is 32.2. The molecule has 0 bridgehead atoms. The van der Waals surface area contributed by atoms with Gasteiger partial charge in [0.1, 0.15) is 10.4 Å². The summed E-state index contributed by atoms with van der Waals surface area (Å²) in [6.45, 7) is 1.60. The first-order chi connectivity index (χ1) is 17.3. The third kappa shape index (κ3) is 4.34. The maximum atomic E-state index is 13.4. The van der Waals surface area contributed by atoms with E-state index in [4.69, 9.17) is 12.2 Å². The van der Waals surface area contributed by atoms with Crippen molar-refractivity contribution < 1.29 is 14.5 Å². The first-order valence-electron chi connectivity index (χ1n) is 11.1. The van der Waals surface area contributed by atoms with E-state index < -0.39 is 16.9 Å². The lowest BCUT2D eigenvalue weighted by Gasteiger charge is -2.22. The number of nitro benzene ring substituents is 1. The summed E-state index contributed by atoms with van der Waals surface area (Å²) in [5, 5.41) is 17.7. The van der Waals surface area contributed by atoms with Crippen LogP contribution in [-0.2, 0) is 9.59 Å². The monoisotopic (exact) mass is 513 g/mol. The number of nitro groups is 1. The standard InChI is InChI=1S/C27H19N3O4S2/c1-16(25(31)28-19-10-12-20(13-11-19)30(33)34)29-26(32)24(36-27(29)35)15-23-21-8-4-2-6-17(21)14-18-7-3-5-9-22(18)23/h2-16H,1H3,(H,28,31)/b24-15-. The van der Waals surface area contributed by atoms with Gasteiger partial charge in [-0.05, 0) is 58.3 Å². The molecule has 1 N–H and O–H groups in total. The van der Waals surface area contributed by atoms with Crippen molar-refractivity contribution in [2.75, 3.05) is 5.32 Å². The fourth-order valence-corrected chi connectivity index (χ4v) is 5.58. The zero-order valence-corrected chi connectivity index (χ0v) is 20.6. The molecule has 1 aliphatic rings. The van der Waals surface area contributed by atoms with E-state index in [1.54, 1.807) is 6.92 Å². The second kappa shape index (κ2) is 9.52. The van der Waals surface area contributed by atoms with Crippen LogP contribution in [0.2, 0.25) is 0 Å². The average Bonchev–Trinajstić information content (AvgIpc) is 3.16. The Hall–Kier alpha value is -4.08. The van der Waals surface area contributed by atoms with Crippen LogP contribution in [0.15, 0.2) is 83.8 Å². The highest BCUT2D eigenvalue weighted by molar-refractivity contribution is 8.26. The molecule has 9 heteroatoms. The molecule has 4 aromatic carbocycles. The molecule has 7 nitrogen and oxygen atoms in total. The summed E-state index contributed by atoms with van der Waals surface area (Å²) in [5.74, 6) is -0.787. The fraction of sp³-hybridized carbons (Fsp3) is 0.0741. The third-order valence-corrected chi connectivity index (χ3v) is 7.35. The number of fused-ring (bicyclic) bond motifs is 2. The van der Waals surface area contributed by atoms with E-state index in [1.165, 1.54) is 29.2 Å². The molecule has 1 fully saturated rings. The summed E-state index contributed by atoms with van der Waals surface area (Å²) in [7, 11) is 0. The molecule has 4 aromatic rings. The van der Waals surface area contributed by atoms with E-state index in [-0.39, 0.29) is 11.6 Å². The molecule has 0 aliphatic carbocycles. The number of carbonyl (C=O) groups is 2. The highest BCUT2D eigenvalue weighted by Gasteiger charge is 2.38. The average molecular weight is 514 g/mol. The van der Waals surface area contributed by atoms with Crippen LogP contribution in [0.25, 0.3) is 27.6 Å². The molecule has 178 valence electrons. The quantitative estimate of drug-likeness (QED) is 0.113. The molecule has 1 heterocycles. The number of non-ortho nitro benzene ring substituents is 1. The zero-order valence-electron chi connectivity index (χ0n) is 19.0. The SMILES string of the molecule is CC(C(=O)Nc1ccc([N+](=O)[O-])cc1)N1C(=O)/C(=C/c2c3ccccc3cc3ccccc23)SC1=S. The summed E-state index contributed by atoms with van der Waals surface area (Å²) in [6, 6.07) is 22.7. The second-order valence-corrected chi connectivity index (χ2v) is 9.93. The van der Waals surface area contributed by atoms with Gasteiger partial charge in [0.05, 0.1) is 9.83 Å². The van der Waals surface area contributed by atoms with Gasteiger partial charge in [-0.25, -0.2) is 0 Å². The maximum absolute atomic E-state index is 13.4. The lowest BCUT2D eigenvalue weighted by Crippen LogP contribution is -2.44. The largest absolute Gasteiger partial charge is 0.324 e. The lowest BCUT2D eigenvalue weighted by atomic mass is 9.96. The number of carbonyl (C=O) groups excluding carboxylic acids is 2. The third-order valence-electron chi connectivity index (χ3n) is 6.02. The van der Waals surface area contributed by atoms with Crippen molar-refractivity contribution in [3.8, 4) is 0 Å². The Balaban J connectivity index is 1.44. The summed E-state index contributed by atoms with van der Waals surface area (Å²) >= 11 is 6.65. The van der Waals surface area contributed by atoms with E-state index in [0.717, 1.165) is 38.9 Å². The molecule has 1 aliphatic heterocycles. The number of thioether (sulfide) groups is 1. The van der Waals surface area contributed by atoms with Crippen LogP contribution in [0.4, 0.5) is 11.4 Å². The summed E-state index contributed by atoms with van der Waals surface area (Å²) < 4.78 is 0.294. The minimum Gasteiger partial charge on any atom is -0.324 e. The minimum absolute atomic E-state index is 0.0796. The van der Waals surface area contributed by atoms with Gasteiger partial charge in [0.15, 0.2) is 0 Å². The molecule has 0 saturated carbocycles. The topological polar surface area (TPSA) is 92.5 Å². The Morgan fingerprint density at radius 2 is 1.61 bits per heavy atom. The summed E-state index contributed by atoms with van der Waals surface area (Å²) in [4.78, 5) is 38.4. The summed E-state index contributed by atoms with van der Waals surface area (Å²) in [6.07, 6.45) is 1.85. The number of anilines is 1. The molecule has 2 amide bonds. The van der Waals surface area contributed by atoms with Gasteiger partial charge in [-0.3, -0.25) is 24.6 Å². The van der Waals surface area contributed by atoms with Crippen molar-refractivity contribution in [2.24, 2.45) is 0 Å². The van der Waals surface area contributed by atoms with E-state index >= 15 is 0 Å². The number of benzene rings is 4. The number of hydrogen-bond donors (Lipinski definition) is 1. The number of amides is 2. The molecule has 0 radical (unpaired) electrons. The second-order valence-electron chi connectivity index (χ2n) is 8.25. The van der Waals surface area contributed by atoms with Crippen LogP contribution < -0.4 is 5.32 Å². The van der Waals surface area contributed by atoms with Crippen LogP contribution >= 0.6 is 24.0 Å². The van der Waals surface area contributed by atoms with Gasteiger partial charge in [-0.1, -0.05) is 72.5 Å². The van der Waals surface area contributed by atoms with Crippen molar-refractivity contribution in [3.05, 3.63) is 99.4 Å². The van der Waals surface area contributed by atoms with Gasteiger partial charge in [-0.2, -0.15) is 0 Å². The summed E-state index contributed by atoms with van der Waals surface area (Å²) in [5.41, 5.74) is 1.23. The number of nitrogens with zero attached hydrogens (tertiary/aromatic N) is 2. The molecular weight excluding hydrogens is 494 g/mol. The number of hydrogen-bond acceptors (Lipinski definition) is 6. The van der Waals surface area contributed by atoms with Crippen molar-refractivity contribution >= 4 is 79.1 Å². The van der Waals surface area contributed by atoms with Gasteiger partial charge in [0.25, 0.3) is 11.6 Å². The Kier molecular flexibility index (Phi) is 6.26. The molecule has 1 atom stereocenters. The number of nitrogens with one attached hydrogen (secondary N) is 1. The van der Waals surface area contributed by atoms with E-state index in [9.17, 15) is 19.7 Å². The van der Waals surface area contributed by atoms with E-state index in [2.05, 4.69) is 11.4 Å². The Morgan fingerprint density at radius 1 is 1.03 bits per heavy atom. The molecule has 0 spiro atoms. The molecule has 36 heavy (non-hydrogen) atoms. The predicted octanol–water partition coefficient (Wildman–Crippen LogP) is 6.13. The van der Waals surface area contributed by atoms with Gasteiger partial charge in [0.2, 0.25) is 5.91 Å². The Morgan fingerprint density at radius 3 is 2.19 bits per heavy atom. The normalized spacial score (nSPS) is 15.6. The van der Waals surface area contributed by atoms with E-state index in [0.29, 0.717) is 14.9 Å². The van der Waals surface area contributed by atoms with Crippen molar-refractivity contribution in [2.45, 2.75) is 13.0 Å². The van der Waals surface area contributed by atoms with Crippen molar-refractivity contribution in [1.29, 1.82) is 0 Å². The maximum Gasteiger partial charge on any atom is 0.269 e. The smallest absolute Gasteiger partial charge is 0.269 e. The van der Waals surface area contributed by atoms with Crippen LogP contribution in [0.1, 0.15) is 12.5 Å². The van der Waals surface area contributed by atoms with Gasteiger partial charge < -0.3 is 5.32 Å². The molecular formula is C27H19N3O4S2. The molecule has 0 aromatic heterocycles. The first-order valence-corrected chi connectivity index (χ1v) is 12.3. The van der Waals surface area contributed by atoms with Crippen LogP contribution in [0, 0.1) is 10.1 Å². The Labute approximate surface area is 215 Å². The van der Waals surface area contributed by atoms with Gasteiger partial charge in [-0.15, -0.1) is 0 Å². The highest BCUT2D eigenvalue weighted by Crippen LogP contribution is 2.37. The van der Waals surface area contributed by atoms with Gasteiger partial charge in [0, 0.05) is 17.8 Å². The predicted molar refractivity (Wildman–Crippen MR) is 148 cm³/mol. The first kappa shape index (κ1) is 23.7. The van der Waals surface area contributed by atoms with Crippen LogP contribution in [0.3, 0.4) is 0 Å². The fourth-order valence-electron chi connectivity index (χ4n) is 4.18. The number of rotatable bonds is 5. The molecule has 5 rings (SSSR count). The molecule has 1 unspecified atom stereocenters. The lowest BCUT2D eigenvalue weighted by molar-refractivity contribution is -0.384. The number of thiocarbonyl (C=S) groups is 1. The van der Waals surface area contributed by atoms with Crippen molar-refractivity contribution in [1.82, 2.24) is 4.90 Å². The minimum atomic E-state index is -0.872. The zero-order chi connectivity index (χ0) is 25.4. The van der Waals surface area contributed by atoms with Crippen LogP contribution in [0.5, 0.6) is 0 Å². The molecule has 1 saturated heterocycles. The Bertz CT molecular complexity index is 1540.